The van der Waals surface area contributed by atoms with Gasteiger partial charge in [-0.25, -0.2) is 9.78 Å². The first-order valence-electron chi connectivity index (χ1n) is 14.0. The lowest BCUT2D eigenvalue weighted by Crippen LogP contribution is -2.49. The molecule has 0 saturated carbocycles. The molecule has 4 aromatic rings. The predicted molar refractivity (Wildman–Crippen MR) is 165 cm³/mol. The first-order valence-corrected chi connectivity index (χ1v) is 15.2. The number of ether oxygens (including phenoxy) is 2. The fraction of sp³-hybridized carbons (Fsp3) is 0.375. The first-order chi connectivity index (χ1) is 20.2. The molecule has 0 atom stereocenters. The third-order valence-electron chi connectivity index (χ3n) is 7.33. The fourth-order valence-electron chi connectivity index (χ4n) is 5.17. The van der Waals surface area contributed by atoms with E-state index in [9.17, 15) is 10.1 Å². The Labute approximate surface area is 250 Å². The number of benzene rings is 2. The van der Waals surface area contributed by atoms with Crippen molar-refractivity contribution in [2.24, 2.45) is 0 Å². The van der Waals surface area contributed by atoms with Gasteiger partial charge in [0, 0.05) is 29.9 Å². The van der Waals surface area contributed by atoms with Crippen LogP contribution in [0.15, 0.2) is 71.8 Å². The number of aromatic nitrogens is 3. The summed E-state index contributed by atoms with van der Waals surface area (Å²) < 4.78 is 13.8. The van der Waals surface area contributed by atoms with E-state index in [-0.39, 0.29) is 12.5 Å². The molecule has 218 valence electrons. The van der Waals surface area contributed by atoms with Gasteiger partial charge in [0.1, 0.15) is 17.6 Å². The molecule has 3 heterocycles. The number of carbonyl (C=O) groups excluding carboxylic acids is 1. The molecule has 1 N–H and O–H groups in total. The van der Waals surface area contributed by atoms with Gasteiger partial charge in [-0.15, -0.1) is 11.8 Å². The maximum Gasteiger partial charge on any atom is 0.410 e. The minimum absolute atomic E-state index is 0.246. The van der Waals surface area contributed by atoms with E-state index in [1.807, 2.05) is 80.2 Å². The maximum atomic E-state index is 12.8. The zero-order valence-electron chi connectivity index (χ0n) is 24.5. The van der Waals surface area contributed by atoms with Crippen LogP contribution in [-0.4, -0.2) is 50.7 Å². The van der Waals surface area contributed by atoms with E-state index < -0.39 is 11.1 Å². The number of carbonyl (C=O) groups is 1. The predicted octanol–water partition coefficient (Wildman–Crippen LogP) is 7.12. The molecule has 0 unspecified atom stereocenters. The summed E-state index contributed by atoms with van der Waals surface area (Å²) in [5.41, 5.74) is 1.53. The minimum atomic E-state index is -0.619. The number of nitriles is 1. The number of hydrogen-bond donors (Lipinski definition) is 1. The van der Waals surface area contributed by atoms with Gasteiger partial charge < -0.3 is 19.7 Å². The van der Waals surface area contributed by atoms with Gasteiger partial charge in [0.15, 0.2) is 5.82 Å². The molecule has 10 heteroatoms. The SMILES string of the molecule is CSc1ccc(Nc2nn(C3(CC#N)CCN(C(=O)OC(C)(C)C)CC3)c3ccnc(OCc4ccccc4)c23)cc1. The average molecular weight is 585 g/mol. The number of rotatable bonds is 8. The number of likely N-dealkylation sites (tertiary alicyclic amines) is 1. The lowest BCUT2D eigenvalue weighted by Gasteiger charge is -2.41. The van der Waals surface area contributed by atoms with E-state index in [1.54, 1.807) is 22.9 Å². The highest BCUT2D eigenvalue weighted by Gasteiger charge is 2.41. The Kier molecular flexibility index (Phi) is 8.59. The summed E-state index contributed by atoms with van der Waals surface area (Å²) in [6.45, 7) is 6.85. The van der Waals surface area contributed by atoms with Crippen molar-refractivity contribution < 1.29 is 14.3 Å². The largest absolute Gasteiger partial charge is 0.472 e. The molecular formula is C32H36N6O3S. The molecule has 5 rings (SSSR count). The highest BCUT2D eigenvalue weighted by Crippen LogP contribution is 2.41. The Morgan fingerprint density at radius 2 is 1.81 bits per heavy atom. The van der Waals surface area contributed by atoms with Crippen LogP contribution in [0.25, 0.3) is 10.9 Å². The van der Waals surface area contributed by atoms with Gasteiger partial charge in [0.05, 0.1) is 23.5 Å². The Morgan fingerprint density at radius 1 is 1.10 bits per heavy atom. The number of amides is 1. The second-order valence-corrected chi connectivity index (χ2v) is 12.3. The summed E-state index contributed by atoms with van der Waals surface area (Å²) in [6.07, 6.45) is 4.78. The molecule has 0 spiro atoms. The molecule has 9 nitrogen and oxygen atoms in total. The van der Waals surface area contributed by atoms with Crippen LogP contribution < -0.4 is 10.1 Å². The maximum absolute atomic E-state index is 12.8. The lowest BCUT2D eigenvalue weighted by atomic mass is 9.85. The Balaban J connectivity index is 1.53. The number of pyridine rings is 1. The molecular weight excluding hydrogens is 548 g/mol. The molecule has 0 bridgehead atoms. The Hall–Kier alpha value is -4.23. The van der Waals surface area contributed by atoms with Crippen molar-refractivity contribution in [3.8, 4) is 11.9 Å². The van der Waals surface area contributed by atoms with Crippen LogP contribution in [0.4, 0.5) is 16.3 Å². The summed E-state index contributed by atoms with van der Waals surface area (Å²) >= 11 is 1.68. The number of hydrogen-bond acceptors (Lipinski definition) is 8. The molecule has 1 saturated heterocycles. The second kappa shape index (κ2) is 12.3. The fourth-order valence-corrected chi connectivity index (χ4v) is 5.58. The van der Waals surface area contributed by atoms with Crippen LogP contribution in [0, 0.1) is 11.3 Å². The van der Waals surface area contributed by atoms with E-state index in [0.717, 1.165) is 27.0 Å². The molecule has 0 aliphatic carbocycles. The van der Waals surface area contributed by atoms with Gasteiger partial charge in [-0.1, -0.05) is 30.3 Å². The van der Waals surface area contributed by atoms with Crippen molar-refractivity contribution in [2.75, 3.05) is 24.7 Å². The summed E-state index contributed by atoms with van der Waals surface area (Å²) in [4.78, 5) is 20.3. The van der Waals surface area contributed by atoms with Crippen molar-refractivity contribution >= 4 is 40.3 Å². The molecule has 2 aromatic carbocycles. The van der Waals surface area contributed by atoms with Gasteiger partial charge in [-0.2, -0.15) is 10.4 Å². The van der Waals surface area contributed by atoms with E-state index in [0.29, 0.717) is 44.2 Å². The number of fused-ring (bicyclic) bond motifs is 1. The number of nitrogens with zero attached hydrogens (tertiary/aromatic N) is 5. The van der Waals surface area contributed by atoms with Gasteiger partial charge in [0.2, 0.25) is 5.88 Å². The number of nitrogens with one attached hydrogen (secondary N) is 1. The van der Waals surface area contributed by atoms with Crippen molar-refractivity contribution in [1.82, 2.24) is 19.7 Å². The van der Waals surface area contributed by atoms with Crippen LogP contribution in [0.1, 0.15) is 45.6 Å². The Bertz CT molecular complexity index is 1570. The van der Waals surface area contributed by atoms with E-state index >= 15 is 0 Å². The van der Waals surface area contributed by atoms with Crippen molar-refractivity contribution in [2.45, 2.75) is 62.7 Å². The normalized spacial score (nSPS) is 14.8. The molecule has 1 aliphatic heterocycles. The number of anilines is 2. The molecule has 1 fully saturated rings. The molecule has 0 radical (unpaired) electrons. The second-order valence-electron chi connectivity index (χ2n) is 11.4. The summed E-state index contributed by atoms with van der Waals surface area (Å²) in [5.74, 6) is 1.06. The van der Waals surface area contributed by atoms with E-state index in [2.05, 4.69) is 28.5 Å². The zero-order chi connectivity index (χ0) is 29.7. The Morgan fingerprint density at radius 3 is 2.45 bits per heavy atom. The van der Waals surface area contributed by atoms with E-state index in [4.69, 9.17) is 14.6 Å². The van der Waals surface area contributed by atoms with Crippen LogP contribution >= 0.6 is 11.8 Å². The highest BCUT2D eigenvalue weighted by atomic mass is 32.2. The summed E-state index contributed by atoms with van der Waals surface area (Å²) in [7, 11) is 0. The molecule has 2 aromatic heterocycles. The van der Waals surface area contributed by atoms with Crippen LogP contribution in [-0.2, 0) is 16.9 Å². The zero-order valence-corrected chi connectivity index (χ0v) is 25.3. The number of piperidine rings is 1. The highest BCUT2D eigenvalue weighted by molar-refractivity contribution is 7.98. The minimum Gasteiger partial charge on any atom is -0.472 e. The molecule has 1 amide bonds. The van der Waals surface area contributed by atoms with Crippen molar-refractivity contribution in [1.29, 1.82) is 5.26 Å². The smallest absolute Gasteiger partial charge is 0.410 e. The van der Waals surface area contributed by atoms with Crippen LogP contribution in [0.5, 0.6) is 5.88 Å². The first kappa shape index (κ1) is 29.3. The third kappa shape index (κ3) is 6.47. The monoisotopic (exact) mass is 584 g/mol. The van der Waals surface area contributed by atoms with Gasteiger partial charge in [-0.3, -0.25) is 4.68 Å². The van der Waals surface area contributed by atoms with Crippen LogP contribution in [0.2, 0.25) is 0 Å². The molecule has 1 aliphatic rings. The molecule has 42 heavy (non-hydrogen) atoms. The summed E-state index contributed by atoms with van der Waals surface area (Å²) in [6, 6.07) is 22.4. The van der Waals surface area contributed by atoms with Crippen molar-refractivity contribution in [3.63, 3.8) is 0 Å². The average Bonchev–Trinajstić information content (AvgIpc) is 3.36. The summed E-state index contributed by atoms with van der Waals surface area (Å²) in [5, 5.41) is 19.3. The standard InChI is InChI=1S/C32H36N6O3S/c1-31(2,3)41-30(39)37-20-16-32(15-18-33,17-21-37)38-26-14-19-34-29(40-22-23-8-6-5-7-9-23)27(26)28(36-38)35-24-10-12-25(42-4)13-11-24/h5-14,19H,15-17,20-22H2,1-4H3,(H,35,36). The van der Waals surface area contributed by atoms with Crippen molar-refractivity contribution in [3.05, 3.63) is 72.4 Å². The van der Waals surface area contributed by atoms with Gasteiger partial charge >= 0.3 is 6.09 Å². The topological polar surface area (TPSA) is 105 Å². The van der Waals surface area contributed by atoms with Gasteiger partial charge in [0.25, 0.3) is 0 Å². The van der Waals surface area contributed by atoms with Gasteiger partial charge in [-0.05, 0) is 75.8 Å². The van der Waals surface area contributed by atoms with E-state index in [1.165, 1.54) is 0 Å². The quantitative estimate of drug-likeness (QED) is 0.218. The van der Waals surface area contributed by atoms with Crippen LogP contribution in [0.3, 0.4) is 0 Å². The lowest BCUT2D eigenvalue weighted by molar-refractivity contribution is 0.0110. The third-order valence-corrected chi connectivity index (χ3v) is 8.08. The number of thioether (sulfide) groups is 1.